The van der Waals surface area contributed by atoms with Crippen LogP contribution in [0.3, 0.4) is 0 Å². The number of anilines is 3. The lowest BCUT2D eigenvalue weighted by Crippen LogP contribution is -2.10. The first-order valence-electron chi connectivity index (χ1n) is 15.7. The van der Waals surface area contributed by atoms with Gasteiger partial charge in [-0.2, -0.15) is 0 Å². The fraction of sp³-hybridized carbons (Fsp3) is 0. The molecule has 11 aromatic rings. The number of nitrogens with zero attached hydrogens (tertiary/aromatic N) is 1. The van der Waals surface area contributed by atoms with Crippen LogP contribution in [0.1, 0.15) is 0 Å². The number of furan rings is 1. The standard InChI is InChI=1S/C42H23NOS3/c1-4-19-34-30(12-1)38-35(44-34)23-22-29-28-15-9-18-33(41(28)47-42(29)38)43(31-16-7-13-26-24-10-2-5-20-36(24)45-39(26)31)32-17-8-14-27-25-11-3-6-21-37(25)46-40(27)32/h1-23H. The first-order valence-corrected chi connectivity index (χ1v) is 18.1. The molecule has 47 heavy (non-hydrogen) atoms. The third-order valence-electron chi connectivity index (χ3n) is 9.47. The Morgan fingerprint density at radius 3 is 1.43 bits per heavy atom. The maximum absolute atomic E-state index is 6.33. The summed E-state index contributed by atoms with van der Waals surface area (Å²) in [6, 6.07) is 50.8. The van der Waals surface area contributed by atoms with Crippen molar-refractivity contribution in [1.82, 2.24) is 0 Å². The molecule has 2 nitrogen and oxygen atoms in total. The highest BCUT2D eigenvalue weighted by Crippen LogP contribution is 2.52. The molecule has 220 valence electrons. The maximum atomic E-state index is 6.33. The van der Waals surface area contributed by atoms with Crippen molar-refractivity contribution in [3.8, 4) is 0 Å². The van der Waals surface area contributed by atoms with E-state index >= 15 is 0 Å². The van der Waals surface area contributed by atoms with Crippen molar-refractivity contribution < 1.29 is 4.42 Å². The average Bonchev–Trinajstić information content (AvgIpc) is 3.88. The van der Waals surface area contributed by atoms with Crippen molar-refractivity contribution in [3.05, 3.63) is 140 Å². The molecule has 5 heteroatoms. The second kappa shape index (κ2) is 9.66. The summed E-state index contributed by atoms with van der Waals surface area (Å²) in [5, 5.41) is 10.1. The Morgan fingerprint density at radius 1 is 0.340 bits per heavy atom. The molecule has 0 N–H and O–H groups in total. The van der Waals surface area contributed by atoms with E-state index in [1.165, 1.54) is 88.4 Å². The van der Waals surface area contributed by atoms with Crippen LogP contribution >= 0.6 is 34.0 Å². The molecule has 0 saturated heterocycles. The largest absolute Gasteiger partial charge is 0.456 e. The zero-order chi connectivity index (χ0) is 30.6. The summed E-state index contributed by atoms with van der Waals surface area (Å²) in [6.07, 6.45) is 0. The summed E-state index contributed by atoms with van der Waals surface area (Å²) in [7, 11) is 0. The van der Waals surface area contributed by atoms with Gasteiger partial charge in [-0.05, 0) is 48.5 Å². The van der Waals surface area contributed by atoms with Crippen molar-refractivity contribution in [3.63, 3.8) is 0 Å². The highest BCUT2D eigenvalue weighted by molar-refractivity contribution is 7.28. The Balaban J connectivity index is 1.28. The molecule has 0 fully saturated rings. The van der Waals surface area contributed by atoms with Gasteiger partial charge in [0.1, 0.15) is 11.2 Å². The Hall–Kier alpha value is -5.20. The molecule has 0 radical (unpaired) electrons. The first kappa shape index (κ1) is 25.9. The van der Waals surface area contributed by atoms with Crippen LogP contribution in [0.2, 0.25) is 0 Å². The summed E-state index contributed by atoms with van der Waals surface area (Å²) in [5.74, 6) is 0. The van der Waals surface area contributed by atoms with Gasteiger partial charge in [-0.25, -0.2) is 0 Å². The lowest BCUT2D eigenvalue weighted by atomic mass is 10.1. The van der Waals surface area contributed by atoms with E-state index in [-0.39, 0.29) is 0 Å². The number of hydrogen-bond acceptors (Lipinski definition) is 5. The molecule has 0 bridgehead atoms. The van der Waals surface area contributed by atoms with Gasteiger partial charge >= 0.3 is 0 Å². The summed E-state index contributed by atoms with van der Waals surface area (Å²) in [4.78, 5) is 2.54. The van der Waals surface area contributed by atoms with Gasteiger partial charge in [0.2, 0.25) is 0 Å². The van der Waals surface area contributed by atoms with E-state index in [4.69, 9.17) is 4.42 Å². The van der Waals surface area contributed by atoms with Crippen molar-refractivity contribution >= 4 is 134 Å². The quantitative estimate of drug-likeness (QED) is 0.189. The van der Waals surface area contributed by atoms with E-state index in [1.54, 1.807) is 0 Å². The number of benzene rings is 7. The number of para-hydroxylation sites is 1. The number of rotatable bonds is 3. The van der Waals surface area contributed by atoms with Gasteiger partial charge in [0.05, 0.1) is 31.2 Å². The van der Waals surface area contributed by atoms with Crippen molar-refractivity contribution in [2.75, 3.05) is 4.90 Å². The van der Waals surface area contributed by atoms with Crippen molar-refractivity contribution in [2.24, 2.45) is 0 Å². The van der Waals surface area contributed by atoms with Gasteiger partial charge in [-0.15, -0.1) is 34.0 Å². The van der Waals surface area contributed by atoms with Gasteiger partial charge in [-0.1, -0.05) is 91.0 Å². The lowest BCUT2D eigenvalue weighted by molar-refractivity contribution is 0.669. The fourth-order valence-corrected chi connectivity index (χ4v) is 11.2. The SMILES string of the molecule is c1ccc2c(c1)oc1ccc3c4cccc(N(c5cccc6c5sc5ccccc56)c5cccc6c5sc5ccccc56)c4sc3c12. The zero-order valence-electron chi connectivity index (χ0n) is 24.9. The van der Waals surface area contributed by atoms with E-state index in [0.29, 0.717) is 0 Å². The Kier molecular flexibility index (Phi) is 5.33. The highest BCUT2D eigenvalue weighted by atomic mass is 32.1. The highest BCUT2D eigenvalue weighted by Gasteiger charge is 2.24. The molecule has 4 heterocycles. The Bertz CT molecular complexity index is 2930. The minimum absolute atomic E-state index is 0.933. The molecule has 0 saturated carbocycles. The fourth-order valence-electron chi connectivity index (χ4n) is 7.43. The summed E-state index contributed by atoms with van der Waals surface area (Å²) >= 11 is 5.65. The van der Waals surface area contributed by atoms with Gasteiger partial charge in [0.25, 0.3) is 0 Å². The lowest BCUT2D eigenvalue weighted by Gasteiger charge is -2.27. The molecule has 7 aromatic carbocycles. The molecule has 0 unspecified atom stereocenters. The predicted octanol–water partition coefficient (Wildman–Crippen LogP) is 14.2. The Morgan fingerprint density at radius 2 is 0.809 bits per heavy atom. The minimum Gasteiger partial charge on any atom is -0.456 e. The van der Waals surface area contributed by atoms with Gasteiger partial charge in [0, 0.05) is 57.2 Å². The third kappa shape index (κ3) is 3.59. The summed E-state index contributed by atoms with van der Waals surface area (Å²) < 4.78 is 14.1. The monoisotopic (exact) mass is 653 g/mol. The molecule has 11 rings (SSSR count). The van der Waals surface area contributed by atoms with Crippen LogP contribution in [0.4, 0.5) is 17.1 Å². The average molecular weight is 654 g/mol. The molecule has 0 aliphatic carbocycles. The van der Waals surface area contributed by atoms with E-state index in [1.807, 2.05) is 40.1 Å². The molecular weight excluding hydrogens is 631 g/mol. The van der Waals surface area contributed by atoms with E-state index < -0.39 is 0 Å². The third-order valence-corrected chi connectivity index (χ3v) is 13.2. The van der Waals surface area contributed by atoms with Crippen LogP contribution in [-0.4, -0.2) is 0 Å². The van der Waals surface area contributed by atoms with Gasteiger partial charge < -0.3 is 9.32 Å². The second-order valence-electron chi connectivity index (χ2n) is 12.0. The maximum Gasteiger partial charge on any atom is 0.136 e. The van der Waals surface area contributed by atoms with Crippen molar-refractivity contribution in [2.45, 2.75) is 0 Å². The number of fused-ring (bicyclic) bond motifs is 13. The van der Waals surface area contributed by atoms with E-state index in [9.17, 15) is 0 Å². The van der Waals surface area contributed by atoms with E-state index in [0.717, 1.165) is 11.2 Å². The molecule has 0 aliphatic rings. The summed E-state index contributed by atoms with van der Waals surface area (Å²) in [6.45, 7) is 0. The van der Waals surface area contributed by atoms with Crippen LogP contribution in [-0.2, 0) is 0 Å². The number of thiophene rings is 3. The Labute approximate surface area is 280 Å². The molecular formula is C42H23NOS3. The minimum atomic E-state index is 0.933. The zero-order valence-corrected chi connectivity index (χ0v) is 27.3. The van der Waals surface area contributed by atoms with Crippen molar-refractivity contribution in [1.29, 1.82) is 0 Å². The topological polar surface area (TPSA) is 16.4 Å². The van der Waals surface area contributed by atoms with E-state index in [2.05, 4.69) is 138 Å². The number of hydrogen-bond donors (Lipinski definition) is 0. The molecule has 0 aliphatic heterocycles. The van der Waals surface area contributed by atoms with Gasteiger partial charge in [-0.3, -0.25) is 0 Å². The smallest absolute Gasteiger partial charge is 0.136 e. The predicted molar refractivity (Wildman–Crippen MR) is 207 cm³/mol. The van der Waals surface area contributed by atoms with Crippen LogP contribution in [0.25, 0.3) is 82.5 Å². The summed E-state index contributed by atoms with van der Waals surface area (Å²) in [5.41, 5.74) is 5.48. The van der Waals surface area contributed by atoms with Crippen LogP contribution in [0.5, 0.6) is 0 Å². The molecule has 0 spiro atoms. The normalized spacial score (nSPS) is 12.3. The molecule has 0 amide bonds. The second-order valence-corrected chi connectivity index (χ2v) is 15.1. The van der Waals surface area contributed by atoms with Gasteiger partial charge in [0.15, 0.2) is 0 Å². The van der Waals surface area contributed by atoms with Crippen LogP contribution < -0.4 is 4.90 Å². The molecule has 4 aromatic heterocycles. The first-order chi connectivity index (χ1) is 23.3. The molecule has 0 atom stereocenters. The van der Waals surface area contributed by atoms with Crippen LogP contribution in [0, 0.1) is 0 Å². The van der Waals surface area contributed by atoms with Crippen LogP contribution in [0.15, 0.2) is 144 Å².